The van der Waals surface area contributed by atoms with Gasteiger partial charge in [0.25, 0.3) is 5.91 Å². The third-order valence-electron chi connectivity index (χ3n) is 4.61. The maximum absolute atomic E-state index is 12.3. The summed E-state index contributed by atoms with van der Waals surface area (Å²) in [7, 11) is 0. The highest BCUT2D eigenvalue weighted by molar-refractivity contribution is 5.90. The van der Waals surface area contributed by atoms with Crippen LogP contribution in [0.3, 0.4) is 0 Å². The molecule has 1 aromatic rings. The van der Waals surface area contributed by atoms with Crippen molar-refractivity contribution in [3.05, 3.63) is 23.8 Å². The highest BCUT2D eigenvalue weighted by Gasteiger charge is 2.32. The number of rotatable bonds is 4. The van der Waals surface area contributed by atoms with E-state index in [1.807, 2.05) is 0 Å². The summed E-state index contributed by atoms with van der Waals surface area (Å²) in [6, 6.07) is 0.704. The third kappa shape index (κ3) is 3.23. The van der Waals surface area contributed by atoms with E-state index in [4.69, 9.17) is 0 Å². The first-order chi connectivity index (χ1) is 10.0. The van der Waals surface area contributed by atoms with Gasteiger partial charge in [-0.2, -0.15) is 0 Å². The van der Waals surface area contributed by atoms with Gasteiger partial charge in [0.05, 0.1) is 0 Å². The Morgan fingerprint density at radius 3 is 2.48 bits per heavy atom. The lowest BCUT2D eigenvalue weighted by Gasteiger charge is -2.20. The average molecular weight is 288 g/mol. The molecule has 0 bridgehead atoms. The average Bonchev–Trinajstić information content (AvgIpc) is 3.24. The number of nitrogens with one attached hydrogen (secondary N) is 1. The molecule has 1 amide bonds. The highest BCUT2D eigenvalue weighted by Crippen LogP contribution is 2.39. The molecule has 2 aliphatic rings. The summed E-state index contributed by atoms with van der Waals surface area (Å²) in [6.45, 7) is 8.51. The SMILES string of the molecule is CC(C)N1C[C@@H](C)[C@@H](NC(=O)c2ncc(C3CC3)cn2)C1. The van der Waals surface area contributed by atoms with Crippen LogP contribution in [0.4, 0.5) is 0 Å². The van der Waals surface area contributed by atoms with Crippen LogP contribution in [0, 0.1) is 5.92 Å². The van der Waals surface area contributed by atoms with Gasteiger partial charge in [0.1, 0.15) is 0 Å². The Morgan fingerprint density at radius 1 is 1.29 bits per heavy atom. The summed E-state index contributed by atoms with van der Waals surface area (Å²) in [4.78, 5) is 23.1. The molecule has 1 aromatic heterocycles. The lowest BCUT2D eigenvalue weighted by atomic mass is 10.1. The van der Waals surface area contributed by atoms with Gasteiger partial charge < -0.3 is 5.32 Å². The van der Waals surface area contributed by atoms with Gasteiger partial charge in [0, 0.05) is 37.6 Å². The minimum absolute atomic E-state index is 0.153. The lowest BCUT2D eigenvalue weighted by molar-refractivity contribution is 0.0920. The molecule has 5 heteroatoms. The van der Waals surface area contributed by atoms with Crippen molar-refractivity contribution >= 4 is 5.91 Å². The van der Waals surface area contributed by atoms with Crippen LogP contribution in [0.15, 0.2) is 12.4 Å². The predicted molar refractivity (Wildman–Crippen MR) is 81.1 cm³/mol. The van der Waals surface area contributed by atoms with Crippen molar-refractivity contribution in [2.24, 2.45) is 5.92 Å². The minimum Gasteiger partial charge on any atom is -0.345 e. The molecule has 2 heterocycles. The second-order valence-electron chi connectivity index (χ2n) is 6.72. The van der Waals surface area contributed by atoms with E-state index in [-0.39, 0.29) is 17.8 Å². The van der Waals surface area contributed by atoms with Crippen LogP contribution >= 0.6 is 0 Å². The molecule has 0 spiro atoms. The van der Waals surface area contributed by atoms with E-state index >= 15 is 0 Å². The summed E-state index contributed by atoms with van der Waals surface area (Å²) in [5.41, 5.74) is 1.16. The Morgan fingerprint density at radius 2 is 1.95 bits per heavy atom. The van der Waals surface area contributed by atoms with Gasteiger partial charge in [0.2, 0.25) is 5.82 Å². The van der Waals surface area contributed by atoms with Crippen molar-refractivity contribution in [3.63, 3.8) is 0 Å². The number of hydrogen-bond donors (Lipinski definition) is 1. The van der Waals surface area contributed by atoms with Crippen molar-refractivity contribution < 1.29 is 4.79 Å². The van der Waals surface area contributed by atoms with E-state index < -0.39 is 0 Å². The Hall–Kier alpha value is -1.49. The monoisotopic (exact) mass is 288 g/mol. The van der Waals surface area contributed by atoms with E-state index in [1.165, 1.54) is 12.8 Å². The third-order valence-corrected chi connectivity index (χ3v) is 4.61. The lowest BCUT2D eigenvalue weighted by Crippen LogP contribution is -2.41. The van der Waals surface area contributed by atoms with Crippen LogP contribution in [0.5, 0.6) is 0 Å². The van der Waals surface area contributed by atoms with Crippen molar-refractivity contribution in [2.75, 3.05) is 13.1 Å². The normalized spacial score (nSPS) is 26.3. The van der Waals surface area contributed by atoms with Gasteiger partial charge in [-0.25, -0.2) is 9.97 Å². The van der Waals surface area contributed by atoms with Crippen LogP contribution in [0.25, 0.3) is 0 Å². The van der Waals surface area contributed by atoms with Crippen molar-refractivity contribution in [3.8, 4) is 0 Å². The van der Waals surface area contributed by atoms with Crippen molar-refractivity contribution in [2.45, 2.75) is 51.6 Å². The number of hydrogen-bond acceptors (Lipinski definition) is 4. The van der Waals surface area contributed by atoms with Gasteiger partial charge in [-0.15, -0.1) is 0 Å². The van der Waals surface area contributed by atoms with Gasteiger partial charge >= 0.3 is 0 Å². The van der Waals surface area contributed by atoms with E-state index in [1.54, 1.807) is 12.4 Å². The smallest absolute Gasteiger partial charge is 0.289 e. The van der Waals surface area contributed by atoms with Crippen LogP contribution in [-0.2, 0) is 0 Å². The topological polar surface area (TPSA) is 58.1 Å². The zero-order valence-corrected chi connectivity index (χ0v) is 13.0. The second-order valence-corrected chi connectivity index (χ2v) is 6.72. The first kappa shape index (κ1) is 14.4. The minimum atomic E-state index is -0.153. The van der Waals surface area contributed by atoms with Gasteiger partial charge in [-0.05, 0) is 44.1 Å². The molecule has 2 fully saturated rings. The number of amides is 1. The standard InChI is InChI=1S/C16H24N4O/c1-10(2)20-8-11(3)14(9-20)19-16(21)15-17-6-13(7-18-15)12-4-5-12/h6-7,10-12,14H,4-5,8-9H2,1-3H3,(H,19,21)/t11-,14+/m1/s1. The Balaban J connectivity index is 1.60. The fourth-order valence-electron chi connectivity index (χ4n) is 2.93. The fourth-order valence-corrected chi connectivity index (χ4v) is 2.93. The molecule has 21 heavy (non-hydrogen) atoms. The molecule has 1 N–H and O–H groups in total. The molecule has 1 saturated carbocycles. The fraction of sp³-hybridized carbons (Fsp3) is 0.688. The number of carbonyl (C=O) groups is 1. The second kappa shape index (κ2) is 5.72. The number of aromatic nitrogens is 2. The molecule has 114 valence electrons. The van der Waals surface area contributed by atoms with Crippen LogP contribution < -0.4 is 5.32 Å². The quantitative estimate of drug-likeness (QED) is 0.918. The number of likely N-dealkylation sites (tertiary alicyclic amines) is 1. The molecule has 3 rings (SSSR count). The maximum Gasteiger partial charge on any atom is 0.289 e. The maximum atomic E-state index is 12.3. The van der Waals surface area contributed by atoms with E-state index in [2.05, 4.69) is 41.0 Å². The Labute approximate surface area is 126 Å². The zero-order chi connectivity index (χ0) is 15.0. The summed E-state index contributed by atoms with van der Waals surface area (Å²) < 4.78 is 0. The summed E-state index contributed by atoms with van der Waals surface area (Å²) in [6.07, 6.45) is 6.05. The van der Waals surface area contributed by atoms with Gasteiger partial charge in [-0.3, -0.25) is 9.69 Å². The van der Waals surface area contributed by atoms with E-state index in [0.717, 1.165) is 18.7 Å². The number of nitrogens with zero attached hydrogens (tertiary/aromatic N) is 3. The summed E-state index contributed by atoms with van der Waals surface area (Å²) in [5, 5.41) is 3.09. The zero-order valence-electron chi connectivity index (χ0n) is 13.0. The molecule has 2 atom stereocenters. The van der Waals surface area contributed by atoms with E-state index in [9.17, 15) is 4.79 Å². The van der Waals surface area contributed by atoms with E-state index in [0.29, 0.717) is 17.9 Å². The molecule has 0 radical (unpaired) electrons. The molecular formula is C16H24N4O. The van der Waals surface area contributed by atoms with Crippen LogP contribution in [0.1, 0.15) is 55.7 Å². The first-order valence-electron chi connectivity index (χ1n) is 7.91. The van der Waals surface area contributed by atoms with Gasteiger partial charge in [-0.1, -0.05) is 6.92 Å². The van der Waals surface area contributed by atoms with Crippen molar-refractivity contribution in [1.29, 1.82) is 0 Å². The molecule has 1 aliphatic heterocycles. The highest BCUT2D eigenvalue weighted by atomic mass is 16.2. The molecule has 5 nitrogen and oxygen atoms in total. The summed E-state index contributed by atoms with van der Waals surface area (Å²) in [5.74, 6) is 1.22. The van der Waals surface area contributed by atoms with Crippen LogP contribution in [-0.4, -0.2) is 45.9 Å². The van der Waals surface area contributed by atoms with Crippen molar-refractivity contribution in [1.82, 2.24) is 20.2 Å². The van der Waals surface area contributed by atoms with Gasteiger partial charge in [0.15, 0.2) is 0 Å². The predicted octanol–water partition coefficient (Wildman–Crippen LogP) is 1.81. The first-order valence-corrected chi connectivity index (χ1v) is 7.91. The molecule has 1 aliphatic carbocycles. The molecular weight excluding hydrogens is 264 g/mol. The summed E-state index contributed by atoms with van der Waals surface area (Å²) >= 11 is 0. The largest absolute Gasteiger partial charge is 0.345 e. The Bertz CT molecular complexity index is 510. The van der Waals surface area contributed by atoms with Crippen LogP contribution in [0.2, 0.25) is 0 Å². The number of carbonyl (C=O) groups excluding carboxylic acids is 1. The molecule has 1 saturated heterocycles. The molecule has 0 unspecified atom stereocenters. The Kier molecular flexibility index (Phi) is 3.93. The molecule has 0 aromatic carbocycles.